The molecular formula is C11H10FN3O3. The molecule has 2 heterocycles. The van der Waals surface area contributed by atoms with Gasteiger partial charge in [0.05, 0.1) is 6.61 Å². The third-order valence-corrected chi connectivity index (χ3v) is 2.20. The number of esters is 1. The van der Waals surface area contributed by atoms with Gasteiger partial charge in [0.25, 0.3) is 5.56 Å². The number of rotatable bonds is 3. The second-order valence-corrected chi connectivity index (χ2v) is 3.38. The number of hydrogen-bond donors (Lipinski definition) is 1. The summed E-state index contributed by atoms with van der Waals surface area (Å²) < 4.78 is 19.0. The predicted octanol–water partition coefficient (Wildman–Crippen LogP) is 0.876. The molecule has 1 N–H and O–H groups in total. The summed E-state index contributed by atoms with van der Waals surface area (Å²) in [6.45, 7) is 1.83. The van der Waals surface area contributed by atoms with E-state index in [9.17, 15) is 14.0 Å². The Morgan fingerprint density at radius 3 is 3.06 bits per heavy atom. The molecule has 2 rings (SSSR count). The number of pyridine rings is 1. The maximum absolute atomic E-state index is 13.4. The van der Waals surface area contributed by atoms with Crippen molar-refractivity contribution in [2.75, 3.05) is 6.61 Å². The lowest BCUT2D eigenvalue weighted by Crippen LogP contribution is -2.15. The number of aromatic amines is 1. The number of aromatic nitrogens is 3. The first-order valence-electron chi connectivity index (χ1n) is 5.23. The molecule has 2 aromatic rings. The van der Waals surface area contributed by atoms with Crippen molar-refractivity contribution in [1.29, 1.82) is 0 Å². The Morgan fingerprint density at radius 1 is 1.61 bits per heavy atom. The lowest BCUT2D eigenvalue weighted by Gasteiger charge is -2.02. The summed E-state index contributed by atoms with van der Waals surface area (Å²) in [6, 6.07) is 3.90. The van der Waals surface area contributed by atoms with Gasteiger partial charge in [0.2, 0.25) is 5.95 Å². The number of halogens is 1. The van der Waals surface area contributed by atoms with Gasteiger partial charge in [-0.25, -0.2) is 14.5 Å². The molecule has 0 aliphatic heterocycles. The van der Waals surface area contributed by atoms with E-state index in [1.165, 1.54) is 18.3 Å². The van der Waals surface area contributed by atoms with Gasteiger partial charge in [0.1, 0.15) is 11.4 Å². The quantitative estimate of drug-likeness (QED) is 0.648. The standard InChI is InChI=1S/C11H10FN3O3/c1-2-18-11(17)7-6-9(16)15(14-7)8-4-3-5-13-10(8)12/h3-6,14H,2H2,1H3. The number of hydrogen-bond acceptors (Lipinski definition) is 4. The molecule has 18 heavy (non-hydrogen) atoms. The summed E-state index contributed by atoms with van der Waals surface area (Å²) in [6.07, 6.45) is 1.26. The highest BCUT2D eigenvalue weighted by Gasteiger charge is 2.15. The summed E-state index contributed by atoms with van der Waals surface area (Å²) in [5, 5.41) is 2.47. The van der Waals surface area contributed by atoms with Gasteiger partial charge in [0.15, 0.2) is 0 Å². The van der Waals surface area contributed by atoms with E-state index in [4.69, 9.17) is 4.74 Å². The van der Waals surface area contributed by atoms with Gasteiger partial charge in [-0.1, -0.05) is 0 Å². The zero-order valence-electron chi connectivity index (χ0n) is 9.51. The van der Waals surface area contributed by atoms with E-state index in [1.54, 1.807) is 6.92 Å². The minimum Gasteiger partial charge on any atom is -0.461 e. The van der Waals surface area contributed by atoms with E-state index in [-0.39, 0.29) is 18.0 Å². The molecule has 0 bridgehead atoms. The number of H-pyrrole nitrogens is 1. The topological polar surface area (TPSA) is 77.0 Å². The van der Waals surface area contributed by atoms with E-state index >= 15 is 0 Å². The first-order chi connectivity index (χ1) is 8.63. The van der Waals surface area contributed by atoms with Crippen LogP contribution in [0.25, 0.3) is 5.69 Å². The van der Waals surface area contributed by atoms with Crippen molar-refractivity contribution < 1.29 is 13.9 Å². The van der Waals surface area contributed by atoms with Gasteiger partial charge in [-0.05, 0) is 19.1 Å². The number of ether oxygens (including phenoxy) is 1. The summed E-state index contributed by atoms with van der Waals surface area (Å²) >= 11 is 0. The van der Waals surface area contributed by atoms with Crippen LogP contribution in [0.4, 0.5) is 4.39 Å². The number of nitrogens with one attached hydrogen (secondary N) is 1. The zero-order valence-corrected chi connectivity index (χ0v) is 9.51. The zero-order chi connectivity index (χ0) is 13.1. The van der Waals surface area contributed by atoms with Crippen molar-refractivity contribution in [2.45, 2.75) is 6.92 Å². The second kappa shape index (κ2) is 4.82. The Balaban J connectivity index is 2.45. The molecule has 0 aliphatic carbocycles. The summed E-state index contributed by atoms with van der Waals surface area (Å²) in [7, 11) is 0. The Hall–Kier alpha value is -2.44. The molecule has 0 aromatic carbocycles. The largest absolute Gasteiger partial charge is 0.461 e. The molecule has 0 amide bonds. The van der Waals surface area contributed by atoms with Crippen LogP contribution in [0.2, 0.25) is 0 Å². The number of carbonyl (C=O) groups excluding carboxylic acids is 1. The number of carbonyl (C=O) groups is 1. The van der Waals surface area contributed by atoms with Crippen LogP contribution in [0.5, 0.6) is 0 Å². The van der Waals surface area contributed by atoms with E-state index in [0.717, 1.165) is 10.7 Å². The molecule has 0 aliphatic rings. The minimum atomic E-state index is -0.808. The van der Waals surface area contributed by atoms with E-state index < -0.39 is 17.5 Å². The van der Waals surface area contributed by atoms with Crippen molar-refractivity contribution >= 4 is 5.97 Å². The maximum atomic E-state index is 13.4. The van der Waals surface area contributed by atoms with Crippen LogP contribution in [-0.4, -0.2) is 27.3 Å². The van der Waals surface area contributed by atoms with Gasteiger partial charge in [0, 0.05) is 12.3 Å². The minimum absolute atomic E-state index is 0.0369. The van der Waals surface area contributed by atoms with Crippen LogP contribution in [0.15, 0.2) is 29.2 Å². The second-order valence-electron chi connectivity index (χ2n) is 3.38. The van der Waals surface area contributed by atoms with Gasteiger partial charge in [-0.3, -0.25) is 9.89 Å². The molecule has 0 fully saturated rings. The predicted molar refractivity (Wildman–Crippen MR) is 60.1 cm³/mol. The van der Waals surface area contributed by atoms with Crippen LogP contribution in [0.1, 0.15) is 17.4 Å². The van der Waals surface area contributed by atoms with E-state index in [2.05, 4.69) is 10.1 Å². The third kappa shape index (κ3) is 2.15. The highest BCUT2D eigenvalue weighted by atomic mass is 19.1. The summed E-state index contributed by atoms with van der Waals surface area (Å²) in [5.41, 5.74) is -0.659. The lowest BCUT2D eigenvalue weighted by atomic mass is 10.4. The van der Waals surface area contributed by atoms with Crippen molar-refractivity contribution in [3.63, 3.8) is 0 Å². The molecule has 94 valence electrons. The van der Waals surface area contributed by atoms with Crippen LogP contribution in [0.3, 0.4) is 0 Å². The first kappa shape index (κ1) is 12.0. The molecule has 6 nitrogen and oxygen atoms in total. The lowest BCUT2D eigenvalue weighted by molar-refractivity contribution is 0.0519. The molecule has 0 spiro atoms. The fourth-order valence-corrected chi connectivity index (χ4v) is 1.43. The van der Waals surface area contributed by atoms with Crippen molar-refractivity contribution in [1.82, 2.24) is 14.8 Å². The highest BCUT2D eigenvalue weighted by molar-refractivity contribution is 5.87. The van der Waals surface area contributed by atoms with Gasteiger partial charge < -0.3 is 4.74 Å². The summed E-state index contributed by atoms with van der Waals surface area (Å²) in [4.78, 5) is 26.5. The normalized spacial score (nSPS) is 10.3. The van der Waals surface area contributed by atoms with Gasteiger partial charge >= 0.3 is 5.97 Å². The van der Waals surface area contributed by atoms with E-state index in [0.29, 0.717) is 0 Å². The van der Waals surface area contributed by atoms with Crippen LogP contribution < -0.4 is 5.56 Å². The Bertz CT molecular complexity index is 632. The maximum Gasteiger partial charge on any atom is 0.356 e. The molecule has 0 saturated heterocycles. The van der Waals surface area contributed by atoms with Crippen molar-refractivity contribution in [3.8, 4) is 5.69 Å². The van der Waals surface area contributed by atoms with Crippen LogP contribution >= 0.6 is 0 Å². The third-order valence-electron chi connectivity index (χ3n) is 2.20. The molecule has 7 heteroatoms. The monoisotopic (exact) mass is 251 g/mol. The molecule has 0 saturated carbocycles. The molecule has 0 unspecified atom stereocenters. The van der Waals surface area contributed by atoms with Crippen LogP contribution in [-0.2, 0) is 4.74 Å². The van der Waals surface area contributed by atoms with Gasteiger partial charge in [-0.15, -0.1) is 0 Å². The van der Waals surface area contributed by atoms with Crippen molar-refractivity contribution in [3.05, 3.63) is 46.4 Å². The molecule has 0 radical (unpaired) electrons. The SMILES string of the molecule is CCOC(=O)c1cc(=O)n(-c2cccnc2F)[nH]1. The highest BCUT2D eigenvalue weighted by Crippen LogP contribution is 2.07. The molecular weight excluding hydrogens is 241 g/mol. The van der Waals surface area contributed by atoms with Crippen LogP contribution in [0, 0.1) is 5.95 Å². The first-order valence-corrected chi connectivity index (χ1v) is 5.23. The Labute approximate surface area is 101 Å². The van der Waals surface area contributed by atoms with Gasteiger partial charge in [-0.2, -0.15) is 4.39 Å². The average molecular weight is 251 g/mol. The smallest absolute Gasteiger partial charge is 0.356 e. The molecule has 2 aromatic heterocycles. The average Bonchev–Trinajstić information content (AvgIpc) is 2.72. The fraction of sp³-hybridized carbons (Fsp3) is 0.182. The number of nitrogens with zero attached hydrogens (tertiary/aromatic N) is 2. The molecule has 0 atom stereocenters. The fourth-order valence-electron chi connectivity index (χ4n) is 1.43. The van der Waals surface area contributed by atoms with Crippen molar-refractivity contribution in [2.24, 2.45) is 0 Å². The summed E-state index contributed by atoms with van der Waals surface area (Å²) in [5.74, 6) is -1.48. The Kier molecular flexibility index (Phi) is 3.22. The Morgan fingerprint density at radius 2 is 2.39 bits per heavy atom. The van der Waals surface area contributed by atoms with E-state index in [1.807, 2.05) is 0 Å².